The molecule has 0 spiro atoms. The first-order chi connectivity index (χ1) is 8.63. The second-order valence-corrected chi connectivity index (χ2v) is 5.04. The highest BCUT2D eigenvalue weighted by atomic mass is 79.9. The van der Waals surface area contributed by atoms with E-state index < -0.39 is 0 Å². The van der Waals surface area contributed by atoms with E-state index in [9.17, 15) is 0 Å². The van der Waals surface area contributed by atoms with Crippen LogP contribution in [0.5, 0.6) is 0 Å². The Morgan fingerprint density at radius 3 is 2.94 bits per heavy atom. The van der Waals surface area contributed by atoms with Crippen LogP contribution in [0.2, 0.25) is 0 Å². The van der Waals surface area contributed by atoms with Crippen LogP contribution in [0.4, 0.5) is 5.95 Å². The van der Waals surface area contributed by atoms with Gasteiger partial charge in [-0.15, -0.1) is 0 Å². The van der Waals surface area contributed by atoms with E-state index in [1.165, 1.54) is 0 Å². The summed E-state index contributed by atoms with van der Waals surface area (Å²) in [4.78, 5) is 4.33. The van der Waals surface area contributed by atoms with Crippen LogP contribution in [0, 0.1) is 6.92 Å². The first kappa shape index (κ1) is 11.3. The predicted octanol–water partition coefficient (Wildman–Crippen LogP) is 2.73. The number of nitrogens with zero attached hydrogens (tertiary/aromatic N) is 3. The quantitative estimate of drug-likeness (QED) is 0.790. The molecule has 3 aromatic rings. The average Bonchev–Trinajstić information content (AvgIpc) is 2.84. The Morgan fingerprint density at radius 1 is 1.39 bits per heavy atom. The Hall–Kier alpha value is -1.82. The van der Waals surface area contributed by atoms with E-state index in [2.05, 4.69) is 26.1 Å². The van der Waals surface area contributed by atoms with Gasteiger partial charge in [-0.2, -0.15) is 0 Å². The van der Waals surface area contributed by atoms with Gasteiger partial charge in [-0.05, 0) is 25.1 Å². The van der Waals surface area contributed by atoms with Gasteiger partial charge in [-0.3, -0.25) is 0 Å². The van der Waals surface area contributed by atoms with Crippen molar-refractivity contribution in [2.45, 2.75) is 13.5 Å². The molecule has 6 heteroatoms. The van der Waals surface area contributed by atoms with Crippen LogP contribution in [-0.4, -0.2) is 14.7 Å². The first-order valence-electron chi connectivity index (χ1n) is 5.47. The lowest BCUT2D eigenvalue weighted by atomic mass is 10.3. The molecule has 0 aliphatic carbocycles. The van der Waals surface area contributed by atoms with E-state index in [1.807, 2.05) is 35.8 Å². The van der Waals surface area contributed by atoms with E-state index in [4.69, 9.17) is 10.3 Å². The third-order valence-corrected chi connectivity index (χ3v) is 3.22. The molecule has 2 heterocycles. The maximum atomic E-state index is 5.93. The molecule has 0 bridgehead atoms. The Labute approximate surface area is 112 Å². The molecule has 2 aromatic heterocycles. The summed E-state index contributed by atoms with van der Waals surface area (Å²) in [5.74, 6) is 1.23. The molecule has 0 amide bonds. The zero-order valence-corrected chi connectivity index (χ0v) is 11.3. The number of aryl methyl sites for hydroxylation is 1. The number of nitrogens with two attached hydrogens (primary N) is 1. The molecule has 0 radical (unpaired) electrons. The van der Waals surface area contributed by atoms with Crippen molar-refractivity contribution in [1.29, 1.82) is 0 Å². The van der Waals surface area contributed by atoms with Crippen LogP contribution in [0.25, 0.3) is 11.0 Å². The minimum absolute atomic E-state index is 0.470. The summed E-state index contributed by atoms with van der Waals surface area (Å²) in [6.45, 7) is 2.42. The molecule has 0 saturated carbocycles. The van der Waals surface area contributed by atoms with Gasteiger partial charge in [0.25, 0.3) is 0 Å². The van der Waals surface area contributed by atoms with E-state index in [0.29, 0.717) is 12.5 Å². The number of halogens is 1. The maximum absolute atomic E-state index is 5.93. The molecule has 5 nitrogen and oxygen atoms in total. The van der Waals surface area contributed by atoms with Crippen molar-refractivity contribution in [2.24, 2.45) is 0 Å². The molecule has 0 aliphatic rings. The first-order valence-corrected chi connectivity index (χ1v) is 6.26. The molecule has 0 fully saturated rings. The van der Waals surface area contributed by atoms with E-state index in [0.717, 1.165) is 27.0 Å². The van der Waals surface area contributed by atoms with Crippen molar-refractivity contribution in [3.05, 3.63) is 40.2 Å². The smallest absolute Gasteiger partial charge is 0.201 e. The number of hydrogen-bond acceptors (Lipinski definition) is 4. The molecule has 0 unspecified atom stereocenters. The van der Waals surface area contributed by atoms with E-state index in [-0.39, 0.29) is 0 Å². The Morgan fingerprint density at radius 2 is 2.22 bits per heavy atom. The number of benzene rings is 1. The van der Waals surface area contributed by atoms with E-state index in [1.54, 1.807) is 0 Å². The topological polar surface area (TPSA) is 69.9 Å². The molecule has 0 saturated heterocycles. The highest BCUT2D eigenvalue weighted by Crippen LogP contribution is 2.23. The fourth-order valence-corrected chi connectivity index (χ4v) is 2.28. The van der Waals surface area contributed by atoms with Gasteiger partial charge < -0.3 is 14.8 Å². The Kier molecular flexibility index (Phi) is 2.59. The van der Waals surface area contributed by atoms with Crippen LogP contribution < -0.4 is 5.73 Å². The summed E-state index contributed by atoms with van der Waals surface area (Å²) in [5, 5.41) is 3.86. The van der Waals surface area contributed by atoms with Crippen LogP contribution in [0.3, 0.4) is 0 Å². The third-order valence-electron chi connectivity index (χ3n) is 2.73. The number of hydrogen-bond donors (Lipinski definition) is 1. The van der Waals surface area contributed by atoms with Gasteiger partial charge in [0.2, 0.25) is 5.95 Å². The minimum atomic E-state index is 0.470. The largest absolute Gasteiger partial charge is 0.369 e. The number of aromatic nitrogens is 3. The lowest BCUT2D eigenvalue weighted by molar-refractivity contribution is 0.374. The maximum Gasteiger partial charge on any atom is 0.201 e. The van der Waals surface area contributed by atoms with Crippen molar-refractivity contribution in [3.8, 4) is 0 Å². The van der Waals surface area contributed by atoms with Crippen molar-refractivity contribution in [2.75, 3.05) is 5.73 Å². The van der Waals surface area contributed by atoms with Crippen molar-refractivity contribution < 1.29 is 4.52 Å². The van der Waals surface area contributed by atoms with Gasteiger partial charge in [0.05, 0.1) is 23.3 Å². The summed E-state index contributed by atoms with van der Waals surface area (Å²) in [7, 11) is 0. The Bertz CT molecular complexity index is 716. The summed E-state index contributed by atoms with van der Waals surface area (Å²) >= 11 is 3.42. The highest BCUT2D eigenvalue weighted by molar-refractivity contribution is 9.10. The average molecular weight is 307 g/mol. The zero-order valence-electron chi connectivity index (χ0n) is 9.72. The molecule has 18 heavy (non-hydrogen) atoms. The number of nitrogen functional groups attached to an aromatic ring is 1. The lowest BCUT2D eigenvalue weighted by Gasteiger charge is -2.02. The third kappa shape index (κ3) is 1.88. The fraction of sp³-hybridized carbons (Fsp3) is 0.167. The normalized spacial score (nSPS) is 11.2. The highest BCUT2D eigenvalue weighted by Gasteiger charge is 2.11. The summed E-state index contributed by atoms with van der Waals surface area (Å²) in [6, 6.07) is 7.77. The number of anilines is 1. The van der Waals surface area contributed by atoms with Crippen molar-refractivity contribution in [1.82, 2.24) is 14.7 Å². The standard InChI is InChI=1S/C12H11BrN4O/c1-7-4-9(18-16-7)6-17-11-3-2-8(13)5-10(11)15-12(17)14/h2-5H,6H2,1H3,(H2,14,15). The molecular weight excluding hydrogens is 296 g/mol. The molecule has 0 aliphatic heterocycles. The predicted molar refractivity (Wildman–Crippen MR) is 72.2 cm³/mol. The van der Waals surface area contributed by atoms with Crippen LogP contribution in [0.15, 0.2) is 33.3 Å². The van der Waals surface area contributed by atoms with Crippen LogP contribution >= 0.6 is 15.9 Å². The van der Waals surface area contributed by atoms with Crippen molar-refractivity contribution >= 4 is 32.9 Å². The van der Waals surface area contributed by atoms with Crippen LogP contribution in [0.1, 0.15) is 11.5 Å². The summed E-state index contributed by atoms with van der Waals surface area (Å²) < 4.78 is 8.09. The zero-order chi connectivity index (χ0) is 12.7. The monoisotopic (exact) mass is 306 g/mol. The van der Waals surface area contributed by atoms with E-state index >= 15 is 0 Å². The molecule has 92 valence electrons. The van der Waals surface area contributed by atoms with Gasteiger partial charge in [0.1, 0.15) is 0 Å². The second kappa shape index (κ2) is 4.13. The number of rotatable bonds is 2. The van der Waals surface area contributed by atoms with Gasteiger partial charge >= 0.3 is 0 Å². The lowest BCUT2D eigenvalue weighted by Crippen LogP contribution is -2.03. The Balaban J connectivity index is 2.08. The summed E-state index contributed by atoms with van der Waals surface area (Å²) in [6.07, 6.45) is 0. The summed E-state index contributed by atoms with van der Waals surface area (Å²) in [5.41, 5.74) is 8.63. The second-order valence-electron chi connectivity index (χ2n) is 4.12. The molecule has 3 rings (SSSR count). The van der Waals surface area contributed by atoms with Gasteiger partial charge in [0, 0.05) is 10.5 Å². The molecular formula is C12H11BrN4O. The minimum Gasteiger partial charge on any atom is -0.369 e. The molecule has 1 aromatic carbocycles. The van der Waals surface area contributed by atoms with Gasteiger partial charge in [-0.25, -0.2) is 4.98 Å². The molecule has 2 N–H and O–H groups in total. The van der Waals surface area contributed by atoms with Crippen molar-refractivity contribution in [3.63, 3.8) is 0 Å². The van der Waals surface area contributed by atoms with Gasteiger partial charge in [0.15, 0.2) is 5.76 Å². The number of fused-ring (bicyclic) bond motifs is 1. The number of imidazole rings is 1. The molecule has 0 atom stereocenters. The van der Waals surface area contributed by atoms with Gasteiger partial charge in [-0.1, -0.05) is 21.1 Å². The van der Waals surface area contributed by atoms with Crippen LogP contribution in [-0.2, 0) is 6.54 Å². The fourth-order valence-electron chi connectivity index (χ4n) is 1.93. The SMILES string of the molecule is Cc1cc(Cn2c(N)nc3cc(Br)ccc32)on1.